The van der Waals surface area contributed by atoms with Gasteiger partial charge in [0.05, 0.1) is 12.3 Å². The first kappa shape index (κ1) is 18.4. The van der Waals surface area contributed by atoms with E-state index in [9.17, 15) is 17.6 Å². The smallest absolute Gasteiger partial charge is 0.226 e. The van der Waals surface area contributed by atoms with Crippen LogP contribution in [0, 0.1) is 5.82 Å². The zero-order valence-corrected chi connectivity index (χ0v) is 14.4. The monoisotopic (exact) mass is 370 g/mol. The fourth-order valence-corrected chi connectivity index (χ4v) is 3.07. The molecule has 5 nitrogen and oxygen atoms in total. The quantitative estimate of drug-likeness (QED) is 0.820. The number of amides is 1. The van der Waals surface area contributed by atoms with Crippen LogP contribution >= 0.6 is 11.6 Å². The molecule has 1 amide bonds. The average Bonchev–Trinajstić information content (AvgIpc) is 2.45. The number of rotatable bonds is 6. The minimum Gasteiger partial charge on any atom is -0.326 e. The van der Waals surface area contributed by atoms with Gasteiger partial charge in [-0.05, 0) is 35.9 Å². The van der Waals surface area contributed by atoms with Crippen LogP contribution in [0.3, 0.4) is 0 Å². The molecule has 0 radical (unpaired) electrons. The Bertz CT molecular complexity index is 825. The lowest BCUT2D eigenvalue weighted by atomic mass is 10.0. The summed E-state index contributed by atoms with van der Waals surface area (Å²) >= 11 is 5.85. The molecule has 0 fully saturated rings. The van der Waals surface area contributed by atoms with E-state index in [0.717, 1.165) is 6.26 Å². The zero-order chi connectivity index (χ0) is 17.7. The van der Waals surface area contributed by atoms with Crippen molar-refractivity contribution in [2.24, 2.45) is 0 Å². The van der Waals surface area contributed by atoms with Gasteiger partial charge in [-0.3, -0.25) is 4.79 Å². The van der Waals surface area contributed by atoms with Crippen molar-refractivity contribution in [1.29, 1.82) is 0 Å². The topological polar surface area (TPSA) is 75.3 Å². The van der Waals surface area contributed by atoms with Gasteiger partial charge in [0.15, 0.2) is 0 Å². The Kier molecular flexibility index (Phi) is 5.93. The molecule has 0 saturated carbocycles. The Morgan fingerprint density at radius 3 is 2.46 bits per heavy atom. The lowest BCUT2D eigenvalue weighted by Gasteiger charge is -2.18. The van der Waals surface area contributed by atoms with Crippen LogP contribution in [-0.4, -0.2) is 20.6 Å². The molecule has 2 rings (SSSR count). The van der Waals surface area contributed by atoms with Crippen LogP contribution in [0.4, 0.5) is 10.1 Å². The van der Waals surface area contributed by atoms with Crippen molar-refractivity contribution in [3.8, 4) is 0 Å². The second-order valence-electron chi connectivity index (χ2n) is 5.26. The summed E-state index contributed by atoms with van der Waals surface area (Å²) in [5, 5.41) is 3.12. The fraction of sp³-hybridized carbons (Fsp3) is 0.188. The summed E-state index contributed by atoms with van der Waals surface area (Å²) < 4.78 is 38.5. The van der Waals surface area contributed by atoms with E-state index < -0.39 is 27.8 Å². The molecular formula is C16H16ClFN2O3S. The molecular weight excluding hydrogens is 355 g/mol. The van der Waals surface area contributed by atoms with E-state index in [2.05, 4.69) is 10.0 Å². The van der Waals surface area contributed by atoms with Crippen molar-refractivity contribution in [3.63, 3.8) is 0 Å². The van der Waals surface area contributed by atoms with E-state index >= 15 is 0 Å². The second kappa shape index (κ2) is 7.74. The third kappa shape index (κ3) is 5.92. The highest BCUT2D eigenvalue weighted by Gasteiger charge is 2.20. The highest BCUT2D eigenvalue weighted by Crippen LogP contribution is 2.20. The molecule has 0 spiro atoms. The molecule has 0 bridgehead atoms. The Morgan fingerprint density at radius 1 is 1.21 bits per heavy atom. The molecule has 24 heavy (non-hydrogen) atoms. The van der Waals surface area contributed by atoms with Crippen LogP contribution in [0.15, 0.2) is 48.5 Å². The Labute approximate surface area is 144 Å². The van der Waals surface area contributed by atoms with Gasteiger partial charge in [0, 0.05) is 17.1 Å². The predicted octanol–water partition coefficient (Wildman–Crippen LogP) is 3.10. The van der Waals surface area contributed by atoms with Crippen LogP contribution in [0.1, 0.15) is 18.0 Å². The molecule has 2 aromatic carbocycles. The van der Waals surface area contributed by atoms with Gasteiger partial charge in [-0.25, -0.2) is 17.5 Å². The molecule has 0 unspecified atom stereocenters. The first-order valence-electron chi connectivity index (χ1n) is 7.01. The summed E-state index contributed by atoms with van der Waals surface area (Å²) in [6.45, 7) is 0. The molecule has 0 aromatic heterocycles. The van der Waals surface area contributed by atoms with Crippen molar-refractivity contribution in [1.82, 2.24) is 4.72 Å². The van der Waals surface area contributed by atoms with Crippen molar-refractivity contribution in [3.05, 3.63) is 64.9 Å². The van der Waals surface area contributed by atoms with E-state index in [1.165, 1.54) is 24.3 Å². The van der Waals surface area contributed by atoms with E-state index in [1.807, 2.05) is 0 Å². The van der Waals surface area contributed by atoms with Gasteiger partial charge in [-0.15, -0.1) is 0 Å². The maximum atomic E-state index is 13.0. The number of benzene rings is 2. The molecule has 2 N–H and O–H groups in total. The number of halogens is 2. The van der Waals surface area contributed by atoms with Gasteiger partial charge in [0.1, 0.15) is 5.82 Å². The summed E-state index contributed by atoms with van der Waals surface area (Å²) in [5.74, 6) is -0.844. The SMILES string of the molecule is CS(=O)(=O)N[C@H](CC(=O)Nc1cccc(Cl)c1)c1ccc(F)cc1. The molecule has 0 heterocycles. The average molecular weight is 371 g/mol. The normalized spacial score (nSPS) is 12.6. The van der Waals surface area contributed by atoms with Gasteiger partial charge in [0.2, 0.25) is 15.9 Å². The molecule has 1 atom stereocenters. The lowest BCUT2D eigenvalue weighted by molar-refractivity contribution is -0.116. The minimum atomic E-state index is -3.55. The molecule has 8 heteroatoms. The molecule has 0 aliphatic carbocycles. The van der Waals surface area contributed by atoms with E-state index in [4.69, 9.17) is 11.6 Å². The zero-order valence-electron chi connectivity index (χ0n) is 12.8. The molecule has 0 aliphatic rings. The summed E-state index contributed by atoms with van der Waals surface area (Å²) in [7, 11) is -3.55. The summed E-state index contributed by atoms with van der Waals surface area (Å²) in [4.78, 5) is 12.2. The first-order valence-corrected chi connectivity index (χ1v) is 9.28. The third-order valence-corrected chi connectivity index (χ3v) is 4.07. The van der Waals surface area contributed by atoms with E-state index in [1.54, 1.807) is 24.3 Å². The molecule has 128 valence electrons. The van der Waals surface area contributed by atoms with Crippen LogP contribution in [0.25, 0.3) is 0 Å². The lowest BCUT2D eigenvalue weighted by Crippen LogP contribution is -2.30. The first-order chi connectivity index (χ1) is 11.2. The predicted molar refractivity (Wildman–Crippen MR) is 91.8 cm³/mol. The van der Waals surface area contributed by atoms with Crippen molar-refractivity contribution in [2.45, 2.75) is 12.5 Å². The van der Waals surface area contributed by atoms with Crippen LogP contribution in [0.2, 0.25) is 5.02 Å². The number of hydrogen-bond acceptors (Lipinski definition) is 3. The largest absolute Gasteiger partial charge is 0.326 e. The Balaban J connectivity index is 2.15. The number of carbonyl (C=O) groups excluding carboxylic acids is 1. The van der Waals surface area contributed by atoms with Crippen LogP contribution in [-0.2, 0) is 14.8 Å². The maximum Gasteiger partial charge on any atom is 0.226 e. The molecule has 2 aromatic rings. The third-order valence-electron chi connectivity index (χ3n) is 3.13. The second-order valence-corrected chi connectivity index (χ2v) is 7.47. The number of sulfonamides is 1. The molecule has 0 aliphatic heterocycles. The van der Waals surface area contributed by atoms with Gasteiger partial charge in [0.25, 0.3) is 0 Å². The Hall–Kier alpha value is -1.96. The van der Waals surface area contributed by atoms with Gasteiger partial charge >= 0.3 is 0 Å². The van der Waals surface area contributed by atoms with E-state index in [0.29, 0.717) is 16.3 Å². The van der Waals surface area contributed by atoms with Crippen molar-refractivity contribution < 1.29 is 17.6 Å². The number of anilines is 1. The fourth-order valence-electron chi connectivity index (χ4n) is 2.14. The summed E-state index contributed by atoms with van der Waals surface area (Å²) in [6, 6.07) is 11.1. The van der Waals surface area contributed by atoms with Crippen LogP contribution in [0.5, 0.6) is 0 Å². The minimum absolute atomic E-state index is 0.148. The highest BCUT2D eigenvalue weighted by molar-refractivity contribution is 7.88. The van der Waals surface area contributed by atoms with E-state index in [-0.39, 0.29) is 6.42 Å². The standard InChI is InChI=1S/C16H16ClFN2O3S/c1-24(22,23)20-15(11-5-7-13(18)8-6-11)10-16(21)19-14-4-2-3-12(17)9-14/h2-9,15,20H,10H2,1H3,(H,19,21)/t15-/m1/s1. The number of hydrogen-bond donors (Lipinski definition) is 2. The van der Waals surface area contributed by atoms with Gasteiger partial charge in [-0.1, -0.05) is 29.8 Å². The summed E-state index contributed by atoms with van der Waals surface area (Å²) in [6.07, 6.45) is 0.851. The molecule has 0 saturated heterocycles. The maximum absolute atomic E-state index is 13.0. The van der Waals surface area contributed by atoms with Crippen molar-refractivity contribution in [2.75, 3.05) is 11.6 Å². The Morgan fingerprint density at radius 2 is 1.88 bits per heavy atom. The number of nitrogens with one attached hydrogen (secondary N) is 2. The van der Waals surface area contributed by atoms with Gasteiger partial charge < -0.3 is 5.32 Å². The van der Waals surface area contributed by atoms with Crippen LogP contribution < -0.4 is 10.0 Å². The number of carbonyl (C=O) groups is 1. The summed E-state index contributed by atoms with van der Waals surface area (Å²) in [5.41, 5.74) is 0.993. The van der Waals surface area contributed by atoms with Gasteiger partial charge in [-0.2, -0.15) is 0 Å². The highest BCUT2D eigenvalue weighted by atomic mass is 35.5. The van der Waals surface area contributed by atoms with Crippen molar-refractivity contribution >= 4 is 33.2 Å².